The quantitative estimate of drug-likeness (QED) is 0.896. The number of hydrogen-bond donors (Lipinski definition) is 1. The predicted octanol–water partition coefficient (Wildman–Crippen LogP) is 3.15. The Morgan fingerprint density at radius 1 is 1.50 bits per heavy atom. The van der Waals surface area contributed by atoms with E-state index in [0.717, 1.165) is 10.2 Å². The summed E-state index contributed by atoms with van der Waals surface area (Å²) in [4.78, 5) is 10.7. The molecule has 0 aliphatic carbocycles. The fourth-order valence-electron chi connectivity index (χ4n) is 1.16. The summed E-state index contributed by atoms with van der Waals surface area (Å²) in [5.74, 6) is 0.210. The lowest BCUT2D eigenvalue weighted by Crippen LogP contribution is -2.06. The van der Waals surface area contributed by atoms with Crippen LogP contribution in [0.1, 0.15) is 18.9 Å². The number of Topliss-reactive ketones (excluding diaryl/α,β-unsaturated/α-hetero) is 1. The van der Waals surface area contributed by atoms with Crippen LogP contribution >= 0.6 is 15.9 Å². The molecule has 0 aliphatic heterocycles. The van der Waals surface area contributed by atoms with Crippen molar-refractivity contribution < 1.29 is 4.79 Å². The summed E-state index contributed by atoms with van der Waals surface area (Å²) in [7, 11) is 0. The molecule has 0 spiro atoms. The Labute approximate surface area is 92.8 Å². The summed E-state index contributed by atoms with van der Waals surface area (Å²) in [6.07, 6.45) is 0.570. The number of carbonyl (C=O) groups excluding carboxylic acids is 1. The van der Waals surface area contributed by atoms with Gasteiger partial charge in [0.15, 0.2) is 0 Å². The van der Waals surface area contributed by atoms with Crippen LogP contribution in [0.2, 0.25) is 0 Å². The Kier molecular flexibility index (Phi) is 4.14. The maximum absolute atomic E-state index is 10.7. The zero-order chi connectivity index (χ0) is 10.6. The number of ketones is 1. The van der Waals surface area contributed by atoms with Gasteiger partial charge in [0.25, 0.3) is 0 Å². The Hall–Kier alpha value is -0.830. The highest BCUT2D eigenvalue weighted by atomic mass is 79.9. The van der Waals surface area contributed by atoms with Crippen LogP contribution in [0.3, 0.4) is 0 Å². The molecule has 0 aromatic heterocycles. The van der Waals surface area contributed by atoms with Crippen LogP contribution < -0.4 is 5.32 Å². The van der Waals surface area contributed by atoms with Crippen LogP contribution in [0.15, 0.2) is 22.7 Å². The summed E-state index contributed by atoms with van der Waals surface area (Å²) in [6, 6.07) is 6.04. The zero-order valence-electron chi connectivity index (χ0n) is 8.43. The molecule has 1 rings (SSSR count). The van der Waals surface area contributed by atoms with E-state index in [2.05, 4.69) is 21.2 Å². The minimum atomic E-state index is 0.210. The minimum absolute atomic E-state index is 0.210. The summed E-state index contributed by atoms with van der Waals surface area (Å²) >= 11 is 3.50. The smallest absolute Gasteiger partial charge is 0.131 e. The molecular formula is C11H14BrNO. The van der Waals surface area contributed by atoms with Gasteiger partial charge >= 0.3 is 0 Å². The predicted molar refractivity (Wildman–Crippen MR) is 62.7 cm³/mol. The molecule has 1 aromatic rings. The minimum Gasteiger partial charge on any atom is -0.384 e. The Morgan fingerprint density at radius 3 is 2.86 bits per heavy atom. The van der Waals surface area contributed by atoms with Crippen LogP contribution in [0.25, 0.3) is 0 Å². The van der Waals surface area contributed by atoms with E-state index >= 15 is 0 Å². The van der Waals surface area contributed by atoms with Gasteiger partial charge in [-0.25, -0.2) is 0 Å². The lowest BCUT2D eigenvalue weighted by molar-refractivity contribution is -0.116. The molecule has 0 atom stereocenters. The number of carbonyl (C=O) groups is 1. The summed E-state index contributed by atoms with van der Waals surface area (Å²) < 4.78 is 1.07. The molecule has 0 unspecified atom stereocenters. The van der Waals surface area contributed by atoms with Crippen molar-refractivity contribution in [3.63, 3.8) is 0 Å². The van der Waals surface area contributed by atoms with Crippen LogP contribution in [-0.2, 0) is 4.79 Å². The van der Waals surface area contributed by atoms with Gasteiger partial charge in [-0.1, -0.05) is 12.1 Å². The first-order valence-corrected chi connectivity index (χ1v) is 5.39. The number of anilines is 1. The molecule has 1 N–H and O–H groups in total. The normalized spacial score (nSPS) is 9.93. The van der Waals surface area contributed by atoms with Crippen LogP contribution in [0, 0.1) is 6.92 Å². The largest absolute Gasteiger partial charge is 0.384 e. The summed E-state index contributed by atoms with van der Waals surface area (Å²) in [5, 5.41) is 3.22. The highest BCUT2D eigenvalue weighted by Crippen LogP contribution is 2.25. The average Bonchev–Trinajstić information content (AvgIpc) is 2.12. The molecule has 14 heavy (non-hydrogen) atoms. The van der Waals surface area contributed by atoms with Crippen molar-refractivity contribution in [3.8, 4) is 0 Å². The molecule has 2 nitrogen and oxygen atoms in total. The van der Waals surface area contributed by atoms with E-state index in [1.54, 1.807) is 6.92 Å². The Bertz CT molecular complexity index is 336. The van der Waals surface area contributed by atoms with Crippen molar-refractivity contribution in [1.29, 1.82) is 0 Å². The van der Waals surface area contributed by atoms with Crippen molar-refractivity contribution in [1.82, 2.24) is 0 Å². The molecule has 0 saturated heterocycles. The topological polar surface area (TPSA) is 29.1 Å². The van der Waals surface area contributed by atoms with E-state index in [1.807, 2.05) is 25.1 Å². The number of aryl methyl sites for hydroxylation is 1. The van der Waals surface area contributed by atoms with Crippen molar-refractivity contribution in [2.45, 2.75) is 20.3 Å². The first-order valence-electron chi connectivity index (χ1n) is 4.59. The molecule has 3 heteroatoms. The Morgan fingerprint density at radius 2 is 2.21 bits per heavy atom. The molecule has 0 aliphatic rings. The highest BCUT2D eigenvalue weighted by molar-refractivity contribution is 9.10. The highest BCUT2D eigenvalue weighted by Gasteiger charge is 2.01. The summed E-state index contributed by atoms with van der Waals surface area (Å²) in [6.45, 7) is 4.34. The van der Waals surface area contributed by atoms with Crippen LogP contribution in [0.5, 0.6) is 0 Å². The van der Waals surface area contributed by atoms with Gasteiger partial charge in [-0.15, -0.1) is 0 Å². The monoisotopic (exact) mass is 255 g/mol. The van der Waals surface area contributed by atoms with Gasteiger partial charge in [0.2, 0.25) is 0 Å². The van der Waals surface area contributed by atoms with Crippen molar-refractivity contribution in [2.75, 3.05) is 11.9 Å². The number of nitrogens with one attached hydrogen (secondary N) is 1. The summed E-state index contributed by atoms with van der Waals surface area (Å²) in [5.41, 5.74) is 2.24. The molecule has 76 valence electrons. The lowest BCUT2D eigenvalue weighted by atomic mass is 10.2. The standard InChI is InChI=1S/C11H14BrNO/c1-8-4-3-5-10(11(8)12)13-7-6-9(2)14/h3-5,13H,6-7H2,1-2H3. The second-order valence-electron chi connectivity index (χ2n) is 3.32. The fourth-order valence-corrected chi connectivity index (χ4v) is 1.56. The zero-order valence-corrected chi connectivity index (χ0v) is 10.0. The van der Waals surface area contributed by atoms with E-state index in [-0.39, 0.29) is 5.78 Å². The third kappa shape index (κ3) is 3.14. The van der Waals surface area contributed by atoms with Gasteiger partial charge in [-0.05, 0) is 41.4 Å². The maximum atomic E-state index is 10.7. The average molecular weight is 256 g/mol. The van der Waals surface area contributed by atoms with Crippen molar-refractivity contribution >= 4 is 27.4 Å². The molecular weight excluding hydrogens is 242 g/mol. The van der Waals surface area contributed by atoms with Gasteiger partial charge in [0.05, 0.1) is 0 Å². The molecule has 0 amide bonds. The van der Waals surface area contributed by atoms with Crippen molar-refractivity contribution in [2.24, 2.45) is 0 Å². The van der Waals surface area contributed by atoms with Gasteiger partial charge in [0.1, 0.15) is 5.78 Å². The lowest BCUT2D eigenvalue weighted by Gasteiger charge is -2.08. The third-order valence-corrected chi connectivity index (χ3v) is 3.04. The van der Waals surface area contributed by atoms with Gasteiger partial charge in [0, 0.05) is 23.1 Å². The van der Waals surface area contributed by atoms with E-state index in [4.69, 9.17) is 0 Å². The van der Waals surface area contributed by atoms with Gasteiger partial charge in [-0.2, -0.15) is 0 Å². The first kappa shape index (κ1) is 11.2. The molecule has 1 aromatic carbocycles. The van der Waals surface area contributed by atoms with Crippen molar-refractivity contribution in [3.05, 3.63) is 28.2 Å². The molecule has 0 radical (unpaired) electrons. The van der Waals surface area contributed by atoms with Crippen LogP contribution in [0.4, 0.5) is 5.69 Å². The molecule has 0 saturated carbocycles. The number of hydrogen-bond acceptors (Lipinski definition) is 2. The van der Waals surface area contributed by atoms with E-state index in [0.29, 0.717) is 13.0 Å². The number of benzene rings is 1. The van der Waals surface area contributed by atoms with Gasteiger partial charge < -0.3 is 5.32 Å². The fraction of sp³-hybridized carbons (Fsp3) is 0.364. The maximum Gasteiger partial charge on any atom is 0.131 e. The third-order valence-electron chi connectivity index (χ3n) is 1.98. The molecule has 0 heterocycles. The van der Waals surface area contributed by atoms with E-state index in [1.165, 1.54) is 5.56 Å². The Balaban J connectivity index is 2.59. The molecule has 0 bridgehead atoms. The number of halogens is 1. The first-order chi connectivity index (χ1) is 6.61. The van der Waals surface area contributed by atoms with E-state index in [9.17, 15) is 4.79 Å². The second-order valence-corrected chi connectivity index (χ2v) is 4.11. The molecule has 0 fully saturated rings. The van der Waals surface area contributed by atoms with Crippen LogP contribution in [-0.4, -0.2) is 12.3 Å². The van der Waals surface area contributed by atoms with Gasteiger partial charge in [-0.3, -0.25) is 4.79 Å². The number of rotatable bonds is 4. The second kappa shape index (κ2) is 5.15. The SMILES string of the molecule is CC(=O)CCNc1cccc(C)c1Br. The van der Waals surface area contributed by atoms with E-state index < -0.39 is 0 Å².